The maximum atomic E-state index is 10.8. The Kier molecular flexibility index (Phi) is 5.50. The molecule has 0 aliphatic carbocycles. The molecule has 0 bridgehead atoms. The van der Waals surface area contributed by atoms with E-state index < -0.39 is 11.0 Å². The number of para-hydroxylation sites is 2. The van der Waals surface area contributed by atoms with Crippen molar-refractivity contribution in [3.8, 4) is 17.6 Å². The van der Waals surface area contributed by atoms with Crippen LogP contribution in [-0.2, 0) is 0 Å². The number of hydrogen-bond acceptors (Lipinski definition) is 6. The number of rotatable bonds is 7. The Morgan fingerprint density at radius 1 is 1.13 bits per heavy atom. The molecular formula is C16H14N2O5. The molecule has 0 heterocycles. The Morgan fingerprint density at radius 3 is 2.43 bits per heavy atom. The van der Waals surface area contributed by atoms with E-state index in [4.69, 9.17) is 14.7 Å². The molecule has 0 aromatic heterocycles. The number of nitrogens with zero attached hydrogens (tertiary/aromatic N) is 2. The minimum Gasteiger partial charge on any atom is -0.491 e. The quantitative estimate of drug-likeness (QED) is 0.621. The summed E-state index contributed by atoms with van der Waals surface area (Å²) in [4.78, 5) is 10.3. The van der Waals surface area contributed by atoms with Crippen molar-refractivity contribution >= 4 is 5.69 Å². The largest absolute Gasteiger partial charge is 0.491 e. The summed E-state index contributed by atoms with van der Waals surface area (Å²) in [7, 11) is 0. The SMILES string of the molecule is N#Cc1ccc(OC[C@@H](O)COc2ccccc2[N+](=O)[O-])cc1. The Labute approximate surface area is 132 Å². The van der Waals surface area contributed by atoms with Gasteiger partial charge in [0.25, 0.3) is 0 Å². The maximum Gasteiger partial charge on any atom is 0.310 e. The smallest absolute Gasteiger partial charge is 0.310 e. The Hall–Kier alpha value is -3.11. The number of aliphatic hydroxyl groups excluding tert-OH is 1. The third kappa shape index (κ3) is 4.69. The van der Waals surface area contributed by atoms with Crippen LogP contribution in [0.15, 0.2) is 48.5 Å². The van der Waals surface area contributed by atoms with E-state index >= 15 is 0 Å². The molecule has 0 aliphatic heterocycles. The number of nitro benzene ring substituents is 1. The topological polar surface area (TPSA) is 106 Å². The van der Waals surface area contributed by atoms with Crippen LogP contribution in [0.2, 0.25) is 0 Å². The van der Waals surface area contributed by atoms with E-state index in [0.29, 0.717) is 11.3 Å². The van der Waals surface area contributed by atoms with Crippen molar-refractivity contribution < 1.29 is 19.5 Å². The van der Waals surface area contributed by atoms with Crippen molar-refractivity contribution in [3.63, 3.8) is 0 Å². The molecule has 0 aliphatic rings. The third-order valence-corrected chi connectivity index (χ3v) is 2.92. The molecule has 0 fully saturated rings. The van der Waals surface area contributed by atoms with Gasteiger partial charge in [0, 0.05) is 6.07 Å². The summed E-state index contributed by atoms with van der Waals surface area (Å²) in [5, 5.41) is 29.4. The van der Waals surface area contributed by atoms with E-state index in [9.17, 15) is 15.2 Å². The maximum absolute atomic E-state index is 10.8. The highest BCUT2D eigenvalue weighted by Gasteiger charge is 2.15. The molecule has 1 atom stereocenters. The van der Waals surface area contributed by atoms with E-state index in [0.717, 1.165) is 0 Å². The van der Waals surface area contributed by atoms with Gasteiger partial charge in [-0.25, -0.2) is 0 Å². The van der Waals surface area contributed by atoms with Crippen LogP contribution < -0.4 is 9.47 Å². The number of ether oxygens (including phenoxy) is 2. The zero-order chi connectivity index (χ0) is 16.7. The molecule has 1 N–H and O–H groups in total. The predicted molar refractivity (Wildman–Crippen MR) is 81.3 cm³/mol. The van der Waals surface area contributed by atoms with E-state index in [1.165, 1.54) is 18.2 Å². The number of nitro groups is 1. The summed E-state index contributed by atoms with van der Waals surface area (Å²) < 4.78 is 10.6. The predicted octanol–water partition coefficient (Wildman–Crippen LogP) is 2.29. The second kappa shape index (κ2) is 7.77. The summed E-state index contributed by atoms with van der Waals surface area (Å²) in [5.41, 5.74) is 0.352. The lowest BCUT2D eigenvalue weighted by atomic mass is 10.2. The number of benzene rings is 2. The van der Waals surface area contributed by atoms with Crippen molar-refractivity contribution in [2.75, 3.05) is 13.2 Å². The first-order valence-electron chi connectivity index (χ1n) is 6.77. The summed E-state index contributed by atoms with van der Waals surface area (Å²) in [6.07, 6.45) is -0.953. The molecule has 2 rings (SSSR count). The average Bonchev–Trinajstić information content (AvgIpc) is 2.58. The highest BCUT2D eigenvalue weighted by molar-refractivity contribution is 5.45. The van der Waals surface area contributed by atoms with Crippen LogP contribution in [0.3, 0.4) is 0 Å². The van der Waals surface area contributed by atoms with E-state index in [1.807, 2.05) is 6.07 Å². The zero-order valence-electron chi connectivity index (χ0n) is 12.1. The van der Waals surface area contributed by atoms with Crippen molar-refractivity contribution in [1.82, 2.24) is 0 Å². The van der Waals surface area contributed by atoms with Gasteiger partial charge in [-0.15, -0.1) is 0 Å². The third-order valence-electron chi connectivity index (χ3n) is 2.92. The van der Waals surface area contributed by atoms with Gasteiger partial charge in [-0.1, -0.05) is 12.1 Å². The normalized spacial score (nSPS) is 11.3. The molecule has 2 aromatic rings. The van der Waals surface area contributed by atoms with Gasteiger partial charge in [-0.2, -0.15) is 5.26 Å². The van der Waals surface area contributed by atoms with Gasteiger partial charge in [-0.05, 0) is 30.3 Å². The molecule has 7 nitrogen and oxygen atoms in total. The van der Waals surface area contributed by atoms with Crippen LogP contribution in [0.1, 0.15) is 5.56 Å². The van der Waals surface area contributed by atoms with Crippen LogP contribution in [0.25, 0.3) is 0 Å². The minimum absolute atomic E-state index is 0.0352. The van der Waals surface area contributed by atoms with Gasteiger partial charge in [0.2, 0.25) is 0 Å². The Bertz CT molecular complexity index is 709. The van der Waals surface area contributed by atoms with Crippen molar-refractivity contribution in [2.24, 2.45) is 0 Å². The molecule has 0 spiro atoms. The van der Waals surface area contributed by atoms with Crippen LogP contribution in [0, 0.1) is 21.4 Å². The van der Waals surface area contributed by atoms with Gasteiger partial charge in [0.15, 0.2) is 5.75 Å². The van der Waals surface area contributed by atoms with Crippen LogP contribution >= 0.6 is 0 Å². The summed E-state index contributed by atoms with van der Waals surface area (Å²) in [6.45, 7) is -0.173. The van der Waals surface area contributed by atoms with Gasteiger partial charge in [-0.3, -0.25) is 10.1 Å². The Morgan fingerprint density at radius 2 is 1.78 bits per heavy atom. The summed E-state index contributed by atoms with van der Waals surface area (Å²) in [5.74, 6) is 0.601. The van der Waals surface area contributed by atoms with Gasteiger partial charge in [0.1, 0.15) is 25.1 Å². The lowest BCUT2D eigenvalue weighted by Gasteiger charge is -2.13. The first kappa shape index (κ1) is 16.3. The second-order valence-electron chi connectivity index (χ2n) is 4.64. The molecule has 118 valence electrons. The molecule has 0 unspecified atom stereocenters. The van der Waals surface area contributed by atoms with E-state index in [1.54, 1.807) is 30.3 Å². The highest BCUT2D eigenvalue weighted by Crippen LogP contribution is 2.25. The second-order valence-corrected chi connectivity index (χ2v) is 4.64. The number of nitriles is 1. The van der Waals surface area contributed by atoms with Crippen LogP contribution in [0.5, 0.6) is 11.5 Å². The Balaban J connectivity index is 1.84. The summed E-state index contributed by atoms with van der Waals surface area (Å²) in [6, 6.07) is 14.4. The standard InChI is InChI=1S/C16H14N2O5/c17-9-12-5-7-14(8-6-12)22-10-13(19)11-23-16-4-2-1-3-15(16)18(20)21/h1-8,13,19H,10-11H2/t13-/m1/s1. The van der Waals surface area contributed by atoms with Crippen LogP contribution in [-0.4, -0.2) is 29.3 Å². The first-order chi connectivity index (χ1) is 11.1. The fraction of sp³-hybridized carbons (Fsp3) is 0.188. The minimum atomic E-state index is -0.953. The molecule has 0 saturated heterocycles. The van der Waals surface area contributed by atoms with Gasteiger partial charge < -0.3 is 14.6 Å². The van der Waals surface area contributed by atoms with E-state index in [2.05, 4.69) is 0 Å². The number of aliphatic hydroxyl groups is 1. The lowest BCUT2D eigenvalue weighted by Crippen LogP contribution is -2.25. The molecular weight excluding hydrogens is 300 g/mol. The molecule has 0 radical (unpaired) electrons. The van der Waals surface area contributed by atoms with Crippen molar-refractivity contribution in [3.05, 3.63) is 64.2 Å². The fourth-order valence-corrected chi connectivity index (χ4v) is 1.78. The molecule has 0 saturated carbocycles. The lowest BCUT2D eigenvalue weighted by molar-refractivity contribution is -0.385. The van der Waals surface area contributed by atoms with Crippen LogP contribution in [0.4, 0.5) is 5.69 Å². The van der Waals surface area contributed by atoms with Gasteiger partial charge >= 0.3 is 5.69 Å². The molecule has 2 aromatic carbocycles. The van der Waals surface area contributed by atoms with E-state index in [-0.39, 0.29) is 24.7 Å². The average molecular weight is 314 g/mol. The van der Waals surface area contributed by atoms with Crippen molar-refractivity contribution in [2.45, 2.75) is 6.10 Å². The summed E-state index contributed by atoms with van der Waals surface area (Å²) >= 11 is 0. The molecule has 0 amide bonds. The van der Waals surface area contributed by atoms with Crippen molar-refractivity contribution in [1.29, 1.82) is 5.26 Å². The van der Waals surface area contributed by atoms with Gasteiger partial charge in [0.05, 0.1) is 16.6 Å². The fourth-order valence-electron chi connectivity index (χ4n) is 1.78. The molecule has 7 heteroatoms. The monoisotopic (exact) mass is 314 g/mol. The first-order valence-corrected chi connectivity index (χ1v) is 6.77. The number of hydrogen-bond donors (Lipinski definition) is 1. The zero-order valence-corrected chi connectivity index (χ0v) is 12.1. The highest BCUT2D eigenvalue weighted by atomic mass is 16.6. The molecule has 23 heavy (non-hydrogen) atoms.